The lowest BCUT2D eigenvalue weighted by atomic mass is 9.92. The lowest BCUT2D eigenvalue weighted by molar-refractivity contribution is 0.110. The third kappa shape index (κ3) is 4.98. The summed E-state index contributed by atoms with van der Waals surface area (Å²) in [4.78, 5) is 2.71. The van der Waals surface area contributed by atoms with Crippen molar-refractivity contribution in [2.75, 3.05) is 6.54 Å². The lowest BCUT2D eigenvalue weighted by Crippen LogP contribution is -2.47. The van der Waals surface area contributed by atoms with E-state index in [1.165, 1.54) is 28.7 Å². The number of nitrogens with two attached hydrogens (primary N) is 1. The Morgan fingerprint density at radius 2 is 1.52 bits per heavy atom. The van der Waals surface area contributed by atoms with Crippen LogP contribution in [0.4, 0.5) is 0 Å². The first kappa shape index (κ1) is 20.2. The Morgan fingerprint density at radius 1 is 0.806 bits per heavy atom. The van der Waals surface area contributed by atoms with Crippen LogP contribution in [0.1, 0.15) is 47.4 Å². The molecule has 2 aliphatic rings. The molecule has 1 heterocycles. The maximum absolute atomic E-state index is 6.41. The molecule has 3 aromatic rings. The third-order valence-electron chi connectivity index (χ3n) is 6.97. The molecule has 5 rings (SSSR count). The number of nitrogens with zero attached hydrogens (tertiary/aromatic N) is 1. The molecule has 1 aliphatic heterocycles. The molecule has 0 radical (unpaired) electrons. The van der Waals surface area contributed by atoms with E-state index < -0.39 is 0 Å². The average molecular weight is 409 g/mol. The van der Waals surface area contributed by atoms with Crippen molar-refractivity contribution in [1.29, 1.82) is 0 Å². The van der Waals surface area contributed by atoms with Crippen LogP contribution in [0, 0.1) is 5.92 Å². The van der Waals surface area contributed by atoms with Gasteiger partial charge in [-0.2, -0.15) is 0 Å². The van der Waals surface area contributed by atoms with Gasteiger partial charge in [0, 0.05) is 25.2 Å². The van der Waals surface area contributed by atoms with Gasteiger partial charge in [0.25, 0.3) is 0 Å². The van der Waals surface area contributed by atoms with Crippen molar-refractivity contribution in [2.45, 2.75) is 43.8 Å². The minimum Gasteiger partial charge on any atom is -0.328 e. The molecular formula is C29H32N2. The Morgan fingerprint density at radius 3 is 2.32 bits per heavy atom. The van der Waals surface area contributed by atoms with Gasteiger partial charge < -0.3 is 5.73 Å². The molecule has 0 spiro atoms. The number of likely N-dealkylation sites (tertiary alicyclic amines) is 1. The Kier molecular flexibility index (Phi) is 6.01. The summed E-state index contributed by atoms with van der Waals surface area (Å²) in [6, 6.07) is 31.5. The van der Waals surface area contributed by atoms with E-state index in [9.17, 15) is 0 Å². The van der Waals surface area contributed by atoms with Crippen LogP contribution in [0.2, 0.25) is 0 Å². The summed E-state index contributed by atoms with van der Waals surface area (Å²) in [5.74, 6) is 1.45. The smallest absolute Gasteiger partial charge is 0.0237 e. The van der Waals surface area contributed by atoms with Crippen LogP contribution in [0.3, 0.4) is 0 Å². The van der Waals surface area contributed by atoms with Crippen LogP contribution in [0.15, 0.2) is 84.9 Å². The number of hydrogen-bond donors (Lipinski definition) is 1. The van der Waals surface area contributed by atoms with Gasteiger partial charge in [0.2, 0.25) is 0 Å². The summed E-state index contributed by atoms with van der Waals surface area (Å²) in [5, 5.41) is 0. The molecule has 2 N–H and O–H groups in total. The minimum atomic E-state index is 0.346. The molecule has 1 saturated heterocycles. The third-order valence-corrected chi connectivity index (χ3v) is 6.97. The van der Waals surface area contributed by atoms with Gasteiger partial charge >= 0.3 is 0 Å². The van der Waals surface area contributed by atoms with Crippen molar-refractivity contribution in [3.63, 3.8) is 0 Å². The summed E-state index contributed by atoms with van der Waals surface area (Å²) in [6.07, 6.45) is 7.94. The van der Waals surface area contributed by atoms with Gasteiger partial charge in [0.1, 0.15) is 0 Å². The van der Waals surface area contributed by atoms with Crippen molar-refractivity contribution >= 4 is 12.2 Å². The van der Waals surface area contributed by atoms with Gasteiger partial charge in [-0.15, -0.1) is 0 Å². The minimum absolute atomic E-state index is 0.346. The molecule has 31 heavy (non-hydrogen) atoms. The van der Waals surface area contributed by atoms with Crippen molar-refractivity contribution < 1.29 is 0 Å². The second-order valence-electron chi connectivity index (χ2n) is 9.23. The molecule has 1 saturated carbocycles. The van der Waals surface area contributed by atoms with E-state index in [0.717, 1.165) is 31.8 Å². The molecule has 2 nitrogen and oxygen atoms in total. The summed E-state index contributed by atoms with van der Waals surface area (Å²) < 4.78 is 0. The molecule has 0 aromatic heterocycles. The first-order valence-corrected chi connectivity index (χ1v) is 11.6. The van der Waals surface area contributed by atoms with Gasteiger partial charge in [-0.3, -0.25) is 4.90 Å². The monoisotopic (exact) mass is 408 g/mol. The molecule has 3 aromatic carbocycles. The number of hydrogen-bond acceptors (Lipinski definition) is 2. The van der Waals surface area contributed by atoms with Crippen LogP contribution >= 0.6 is 0 Å². The SMILES string of the molecule is NC1CCN(Cc2cccc(/C=C/c3ccccc3)c2)C(C2CC2c2ccccc2)C1. The van der Waals surface area contributed by atoms with Gasteiger partial charge in [-0.25, -0.2) is 0 Å². The molecule has 2 heteroatoms. The molecular weight excluding hydrogens is 376 g/mol. The van der Waals surface area contributed by atoms with E-state index in [1.807, 2.05) is 0 Å². The van der Waals surface area contributed by atoms with Gasteiger partial charge in [0.05, 0.1) is 0 Å². The first-order valence-electron chi connectivity index (χ1n) is 11.6. The van der Waals surface area contributed by atoms with E-state index in [1.54, 1.807) is 0 Å². The Bertz CT molecular complexity index is 1010. The van der Waals surface area contributed by atoms with E-state index in [2.05, 4.69) is 102 Å². The second-order valence-corrected chi connectivity index (χ2v) is 9.23. The van der Waals surface area contributed by atoms with Gasteiger partial charge in [0.15, 0.2) is 0 Å². The standard InChI is InChI=1S/C29H32N2/c30-26-16-17-31(29(19-26)28-20-27(28)25-12-5-2-6-13-25)21-24-11-7-10-23(18-24)15-14-22-8-3-1-4-9-22/h1-15,18,26-29H,16-17,19-21,30H2/b15-14+. The van der Waals surface area contributed by atoms with Crippen LogP contribution in [-0.4, -0.2) is 23.5 Å². The summed E-state index contributed by atoms with van der Waals surface area (Å²) >= 11 is 0. The molecule has 2 fully saturated rings. The van der Waals surface area contributed by atoms with Crippen LogP contribution in [0.25, 0.3) is 12.2 Å². The van der Waals surface area contributed by atoms with E-state index in [-0.39, 0.29) is 0 Å². The first-order chi connectivity index (χ1) is 15.3. The van der Waals surface area contributed by atoms with Gasteiger partial charge in [-0.1, -0.05) is 97.1 Å². The fourth-order valence-electron chi connectivity index (χ4n) is 5.23. The van der Waals surface area contributed by atoms with E-state index in [4.69, 9.17) is 5.73 Å². The quantitative estimate of drug-likeness (QED) is 0.511. The molecule has 0 bridgehead atoms. The highest BCUT2D eigenvalue weighted by Gasteiger charge is 2.47. The number of benzene rings is 3. The van der Waals surface area contributed by atoms with Crippen molar-refractivity contribution in [3.8, 4) is 0 Å². The van der Waals surface area contributed by atoms with Crippen molar-refractivity contribution in [3.05, 3.63) is 107 Å². The normalized spacial score (nSPS) is 26.2. The fraction of sp³-hybridized carbons (Fsp3) is 0.310. The maximum Gasteiger partial charge on any atom is 0.0237 e. The Balaban J connectivity index is 1.28. The van der Waals surface area contributed by atoms with Crippen molar-refractivity contribution in [2.24, 2.45) is 11.7 Å². The molecule has 0 amide bonds. The summed E-state index contributed by atoms with van der Waals surface area (Å²) in [5.41, 5.74) is 11.8. The van der Waals surface area contributed by atoms with Crippen molar-refractivity contribution in [1.82, 2.24) is 4.90 Å². The topological polar surface area (TPSA) is 29.3 Å². The number of rotatable bonds is 6. The average Bonchev–Trinajstić information content (AvgIpc) is 3.61. The highest BCUT2D eigenvalue weighted by atomic mass is 15.2. The lowest BCUT2D eigenvalue weighted by Gasteiger charge is -2.39. The van der Waals surface area contributed by atoms with Crippen LogP contribution in [0.5, 0.6) is 0 Å². The zero-order chi connectivity index (χ0) is 21.0. The zero-order valence-electron chi connectivity index (χ0n) is 18.1. The van der Waals surface area contributed by atoms with Gasteiger partial charge in [-0.05, 0) is 53.4 Å². The Labute approximate surface area is 186 Å². The maximum atomic E-state index is 6.41. The fourth-order valence-corrected chi connectivity index (χ4v) is 5.23. The molecule has 158 valence electrons. The largest absolute Gasteiger partial charge is 0.328 e. The summed E-state index contributed by atoms with van der Waals surface area (Å²) in [7, 11) is 0. The Hall–Kier alpha value is -2.68. The highest BCUT2D eigenvalue weighted by molar-refractivity contribution is 5.69. The van der Waals surface area contributed by atoms with Crippen LogP contribution < -0.4 is 5.73 Å². The number of piperidine rings is 1. The predicted molar refractivity (Wildman–Crippen MR) is 131 cm³/mol. The summed E-state index contributed by atoms with van der Waals surface area (Å²) in [6.45, 7) is 2.12. The second kappa shape index (κ2) is 9.21. The molecule has 1 aliphatic carbocycles. The van der Waals surface area contributed by atoms with E-state index in [0.29, 0.717) is 18.0 Å². The predicted octanol–water partition coefficient (Wildman–Crippen LogP) is 5.95. The molecule has 4 unspecified atom stereocenters. The highest BCUT2D eigenvalue weighted by Crippen LogP contribution is 2.52. The molecule has 4 atom stereocenters. The van der Waals surface area contributed by atoms with E-state index >= 15 is 0 Å². The zero-order valence-corrected chi connectivity index (χ0v) is 18.1. The van der Waals surface area contributed by atoms with Crippen LogP contribution in [-0.2, 0) is 6.54 Å².